The maximum Gasteiger partial charge on any atom is 0.261 e. The van der Waals surface area contributed by atoms with Crippen LogP contribution >= 0.6 is 0 Å². The predicted molar refractivity (Wildman–Crippen MR) is 139 cm³/mol. The highest BCUT2D eigenvalue weighted by molar-refractivity contribution is 7.92. The number of sulfonamides is 1. The van der Waals surface area contributed by atoms with E-state index < -0.39 is 16.3 Å². The summed E-state index contributed by atoms with van der Waals surface area (Å²) in [5.74, 6) is 0. The lowest BCUT2D eigenvalue weighted by atomic mass is 9.99. The average Bonchev–Trinajstić information content (AvgIpc) is 3.33. The number of β-amino-alcohol motifs (C(OH)–C–C–N with tert-alkyl or cyclic N) is 1. The second-order valence-electron chi connectivity index (χ2n) is 9.60. The van der Waals surface area contributed by atoms with Crippen LogP contribution in [0.2, 0.25) is 0 Å². The highest BCUT2D eigenvalue weighted by Gasteiger charge is 2.34. The molecule has 4 atom stereocenters. The van der Waals surface area contributed by atoms with Gasteiger partial charge in [-0.1, -0.05) is 54.6 Å². The van der Waals surface area contributed by atoms with Crippen LogP contribution in [0.1, 0.15) is 41.9 Å². The minimum absolute atomic E-state index is 0.0247. The van der Waals surface area contributed by atoms with E-state index in [1.807, 2.05) is 30.3 Å². The summed E-state index contributed by atoms with van der Waals surface area (Å²) in [6.45, 7) is 2.09. The van der Waals surface area contributed by atoms with Gasteiger partial charge in [0, 0.05) is 37.3 Å². The minimum atomic E-state index is -3.74. The molecule has 3 aromatic rings. The Morgan fingerprint density at radius 3 is 2.43 bits per heavy atom. The zero-order valence-corrected chi connectivity index (χ0v) is 21.3. The monoisotopic (exact) mass is 524 g/mol. The lowest BCUT2D eigenvalue weighted by Gasteiger charge is -2.38. The number of likely N-dealkylation sites (tertiary alicyclic amines) is 1. The van der Waals surface area contributed by atoms with Gasteiger partial charge in [-0.05, 0) is 41.8 Å². The van der Waals surface area contributed by atoms with Crippen molar-refractivity contribution in [3.05, 3.63) is 95.6 Å². The highest BCUT2D eigenvalue weighted by atomic mass is 32.2. The fourth-order valence-corrected chi connectivity index (χ4v) is 5.93. The first kappa shape index (κ1) is 25.8. The van der Waals surface area contributed by atoms with Crippen LogP contribution < -0.4 is 4.72 Å². The summed E-state index contributed by atoms with van der Waals surface area (Å²) in [6, 6.07) is 23.0. The first-order valence-corrected chi connectivity index (χ1v) is 14.0. The van der Waals surface area contributed by atoms with Crippen molar-refractivity contribution < 1.29 is 28.1 Å². The van der Waals surface area contributed by atoms with E-state index in [4.69, 9.17) is 9.47 Å². The van der Waals surface area contributed by atoms with Gasteiger partial charge in [-0.15, -0.1) is 0 Å². The lowest BCUT2D eigenvalue weighted by Crippen LogP contribution is -2.38. The number of ether oxygens (including phenoxy) is 2. The van der Waals surface area contributed by atoms with Gasteiger partial charge in [-0.2, -0.15) is 0 Å². The number of nitrogens with one attached hydrogen (secondary N) is 1. The van der Waals surface area contributed by atoms with E-state index in [0.29, 0.717) is 30.8 Å². The molecule has 37 heavy (non-hydrogen) atoms. The number of anilines is 1. The molecule has 3 aromatic carbocycles. The third-order valence-corrected chi connectivity index (χ3v) is 8.19. The highest BCUT2D eigenvalue weighted by Crippen LogP contribution is 2.39. The molecule has 2 saturated heterocycles. The number of hydrogen-bond donors (Lipinski definition) is 3. The van der Waals surface area contributed by atoms with Gasteiger partial charge < -0.3 is 19.7 Å². The van der Waals surface area contributed by atoms with Crippen LogP contribution in [-0.4, -0.2) is 55.4 Å². The molecule has 2 aliphatic rings. The lowest BCUT2D eigenvalue weighted by molar-refractivity contribution is -0.252. The van der Waals surface area contributed by atoms with Crippen molar-refractivity contribution in [2.75, 3.05) is 24.4 Å². The van der Waals surface area contributed by atoms with Crippen molar-refractivity contribution in [1.29, 1.82) is 0 Å². The maximum absolute atomic E-state index is 12.8. The molecule has 9 heteroatoms. The number of rotatable bonds is 8. The van der Waals surface area contributed by atoms with E-state index in [0.717, 1.165) is 24.1 Å². The maximum atomic E-state index is 12.8. The first-order chi connectivity index (χ1) is 17.9. The number of benzene rings is 3. The van der Waals surface area contributed by atoms with Crippen LogP contribution in [0.4, 0.5) is 5.69 Å². The Morgan fingerprint density at radius 1 is 0.946 bits per heavy atom. The third kappa shape index (κ3) is 6.38. The smallest absolute Gasteiger partial charge is 0.261 e. The van der Waals surface area contributed by atoms with Crippen molar-refractivity contribution in [3.8, 4) is 0 Å². The van der Waals surface area contributed by atoms with Crippen molar-refractivity contribution in [1.82, 2.24) is 4.90 Å². The molecule has 0 amide bonds. The van der Waals surface area contributed by atoms with Crippen LogP contribution in [0, 0.1) is 0 Å². The summed E-state index contributed by atoms with van der Waals surface area (Å²) >= 11 is 0. The number of aliphatic hydroxyl groups excluding tert-OH is 2. The number of aliphatic hydroxyl groups is 2. The van der Waals surface area contributed by atoms with Gasteiger partial charge >= 0.3 is 0 Å². The van der Waals surface area contributed by atoms with E-state index >= 15 is 0 Å². The Balaban J connectivity index is 1.37. The standard InChI is InChI=1S/C28H32N2O6S/c31-19-20-9-11-21(12-10-20)27-16-25(18-30-14-13-24(32)17-30)35-28(36-27)22-5-4-6-23(15-22)29-37(33,34)26-7-2-1-3-8-26/h1-12,15,24-25,27-29,31-32H,13-14,16-19H2/t24-,25+,27-,28-/m0/s1. The molecule has 5 rings (SSSR count). The Kier molecular flexibility index (Phi) is 7.89. The zero-order valence-electron chi connectivity index (χ0n) is 20.4. The Bertz CT molecular complexity index is 1290. The van der Waals surface area contributed by atoms with Gasteiger partial charge in [-0.25, -0.2) is 8.42 Å². The van der Waals surface area contributed by atoms with Crippen LogP contribution in [0.25, 0.3) is 0 Å². The molecule has 0 radical (unpaired) electrons. The summed E-state index contributed by atoms with van der Waals surface area (Å²) < 4.78 is 41.1. The molecule has 0 bridgehead atoms. The third-order valence-electron chi connectivity index (χ3n) is 6.79. The Morgan fingerprint density at radius 2 is 1.73 bits per heavy atom. The Hall–Kier alpha value is -2.79. The van der Waals surface area contributed by atoms with Gasteiger partial charge in [0.15, 0.2) is 6.29 Å². The second-order valence-corrected chi connectivity index (χ2v) is 11.3. The van der Waals surface area contributed by atoms with Gasteiger partial charge in [-0.3, -0.25) is 9.62 Å². The summed E-state index contributed by atoms with van der Waals surface area (Å²) in [7, 11) is -3.74. The molecule has 0 aliphatic carbocycles. The summed E-state index contributed by atoms with van der Waals surface area (Å²) in [4.78, 5) is 2.39. The summed E-state index contributed by atoms with van der Waals surface area (Å²) in [5.41, 5.74) is 2.94. The quantitative estimate of drug-likeness (QED) is 0.413. The van der Waals surface area contributed by atoms with Crippen molar-refractivity contribution in [3.63, 3.8) is 0 Å². The van der Waals surface area contributed by atoms with Crippen LogP contribution in [0.15, 0.2) is 83.8 Å². The van der Waals surface area contributed by atoms with Crippen LogP contribution in [0.3, 0.4) is 0 Å². The van der Waals surface area contributed by atoms with Crippen LogP contribution in [-0.2, 0) is 26.1 Å². The predicted octanol–water partition coefficient (Wildman–Crippen LogP) is 3.59. The molecule has 0 aromatic heterocycles. The molecular formula is C28H32N2O6S. The minimum Gasteiger partial charge on any atom is -0.392 e. The fraction of sp³-hybridized carbons (Fsp3) is 0.357. The van der Waals surface area contributed by atoms with E-state index in [1.165, 1.54) is 0 Å². The number of hydrogen-bond acceptors (Lipinski definition) is 7. The van der Waals surface area contributed by atoms with E-state index in [1.54, 1.807) is 48.5 Å². The fourth-order valence-electron chi connectivity index (χ4n) is 4.86. The van der Waals surface area contributed by atoms with Crippen LogP contribution in [0.5, 0.6) is 0 Å². The molecule has 196 valence electrons. The molecule has 2 aliphatic heterocycles. The second kappa shape index (κ2) is 11.3. The topological polar surface area (TPSA) is 108 Å². The first-order valence-electron chi connectivity index (χ1n) is 12.5. The summed E-state index contributed by atoms with van der Waals surface area (Å²) in [6.07, 6.45) is -0.00355. The molecular weight excluding hydrogens is 492 g/mol. The normalized spacial score (nSPS) is 24.7. The Labute approximate surface area is 217 Å². The van der Waals surface area contributed by atoms with E-state index in [-0.39, 0.29) is 29.8 Å². The molecule has 8 nitrogen and oxygen atoms in total. The number of nitrogens with zero attached hydrogens (tertiary/aromatic N) is 1. The van der Waals surface area contributed by atoms with Gasteiger partial charge in [0.1, 0.15) is 0 Å². The van der Waals surface area contributed by atoms with Gasteiger partial charge in [0.05, 0.1) is 29.8 Å². The van der Waals surface area contributed by atoms with Crippen molar-refractivity contribution >= 4 is 15.7 Å². The molecule has 3 N–H and O–H groups in total. The van der Waals surface area contributed by atoms with E-state index in [9.17, 15) is 18.6 Å². The zero-order chi connectivity index (χ0) is 25.8. The largest absolute Gasteiger partial charge is 0.392 e. The molecule has 0 saturated carbocycles. The van der Waals surface area contributed by atoms with Crippen molar-refractivity contribution in [2.45, 2.75) is 48.9 Å². The molecule has 0 spiro atoms. The molecule has 0 unspecified atom stereocenters. The molecule has 2 fully saturated rings. The van der Waals surface area contributed by atoms with Crippen molar-refractivity contribution in [2.24, 2.45) is 0 Å². The van der Waals surface area contributed by atoms with E-state index in [2.05, 4.69) is 9.62 Å². The van der Waals surface area contributed by atoms with Gasteiger partial charge in [0.2, 0.25) is 0 Å². The van der Waals surface area contributed by atoms with Gasteiger partial charge in [0.25, 0.3) is 10.0 Å². The summed E-state index contributed by atoms with van der Waals surface area (Å²) in [5, 5.41) is 19.4. The SMILES string of the molecule is O=S(=O)(Nc1cccc([C@H]2O[C@@H](CN3CC[C@H](O)C3)C[C@@H](c3ccc(CO)cc3)O2)c1)c1ccccc1. The average molecular weight is 525 g/mol. The molecule has 2 heterocycles.